The van der Waals surface area contributed by atoms with E-state index >= 15 is 0 Å². The summed E-state index contributed by atoms with van der Waals surface area (Å²) >= 11 is 0. The number of aliphatic hydroxyl groups is 1. The number of anilines is 1. The highest BCUT2D eigenvalue weighted by atomic mass is 16.6. The van der Waals surface area contributed by atoms with Gasteiger partial charge in [-0.25, -0.2) is 0 Å². The van der Waals surface area contributed by atoms with E-state index in [2.05, 4.69) is 14.8 Å². The summed E-state index contributed by atoms with van der Waals surface area (Å²) in [6, 6.07) is 3.16. The van der Waals surface area contributed by atoms with Gasteiger partial charge in [-0.3, -0.25) is 0 Å². The molecule has 0 aromatic carbocycles. The fourth-order valence-corrected chi connectivity index (χ4v) is 3.37. The van der Waals surface area contributed by atoms with Crippen LogP contribution >= 0.6 is 0 Å². The lowest BCUT2D eigenvalue weighted by Crippen LogP contribution is -2.50. The molecule has 0 radical (unpaired) electrons. The van der Waals surface area contributed by atoms with Gasteiger partial charge in [0.25, 0.3) is 0 Å². The highest BCUT2D eigenvalue weighted by molar-refractivity contribution is 5.47. The summed E-state index contributed by atoms with van der Waals surface area (Å²) in [6.45, 7) is 8.46. The Bertz CT molecular complexity index is 521. The Kier molecular flexibility index (Phi) is 6.51. The Morgan fingerprint density at radius 1 is 1.21 bits per heavy atom. The molecule has 0 amide bonds. The minimum atomic E-state index is -0.602. The van der Waals surface area contributed by atoms with Crippen LogP contribution in [0.15, 0.2) is 18.3 Å². The predicted octanol–water partition coefficient (Wildman–Crippen LogP) is 2.44. The molecular formula is C17H28N4O3. The first-order valence-corrected chi connectivity index (χ1v) is 8.86. The number of aromatic nitrogens is 1. The summed E-state index contributed by atoms with van der Waals surface area (Å²) in [5.74, 6) is -0.133. The molecule has 134 valence electrons. The van der Waals surface area contributed by atoms with Crippen LogP contribution in [0.25, 0.3) is 0 Å². The topological polar surface area (TPSA) is 82.7 Å². The van der Waals surface area contributed by atoms with Gasteiger partial charge in [0, 0.05) is 25.7 Å². The summed E-state index contributed by atoms with van der Waals surface area (Å²) in [7, 11) is 0. The van der Waals surface area contributed by atoms with E-state index < -0.39 is 10.5 Å². The normalized spacial score (nSPS) is 20.4. The van der Waals surface area contributed by atoms with Crippen LogP contribution in [0.2, 0.25) is 0 Å². The highest BCUT2D eigenvalue weighted by Gasteiger charge is 2.35. The molecular weight excluding hydrogens is 308 g/mol. The van der Waals surface area contributed by atoms with Crippen molar-refractivity contribution in [3.8, 4) is 0 Å². The Morgan fingerprint density at radius 2 is 1.83 bits per heavy atom. The Morgan fingerprint density at radius 3 is 2.33 bits per heavy atom. The number of hydrogen-bond acceptors (Lipinski definition) is 6. The number of nitro groups is 1. The van der Waals surface area contributed by atoms with Gasteiger partial charge in [-0.1, -0.05) is 13.8 Å². The van der Waals surface area contributed by atoms with E-state index in [9.17, 15) is 15.2 Å². The number of β-amino-alcohol motifs (C(OH)–C–C–N with tert-alkyl or cyclic N) is 1. The summed E-state index contributed by atoms with van der Waals surface area (Å²) in [4.78, 5) is 18.5. The van der Waals surface area contributed by atoms with Crippen LogP contribution in [0.3, 0.4) is 0 Å². The zero-order valence-electron chi connectivity index (χ0n) is 14.6. The lowest BCUT2D eigenvalue weighted by Gasteiger charge is -2.40. The zero-order valence-corrected chi connectivity index (χ0v) is 14.6. The second-order valence-electron chi connectivity index (χ2n) is 6.33. The van der Waals surface area contributed by atoms with Crippen LogP contribution in [-0.4, -0.2) is 58.2 Å². The van der Waals surface area contributed by atoms with Crippen LogP contribution in [0.5, 0.6) is 0 Å². The molecule has 2 aliphatic rings. The number of likely N-dealkylation sites (tertiary alicyclic amines) is 1. The first kappa shape index (κ1) is 18.6. The molecule has 1 aromatic rings. The second-order valence-corrected chi connectivity index (χ2v) is 6.33. The minimum absolute atomic E-state index is 0.133. The molecule has 24 heavy (non-hydrogen) atoms. The second kappa shape index (κ2) is 8.39. The summed E-state index contributed by atoms with van der Waals surface area (Å²) in [5.41, 5.74) is 0.281. The molecule has 1 N–H and O–H groups in total. The van der Waals surface area contributed by atoms with Crippen molar-refractivity contribution < 1.29 is 10.0 Å². The SMILES string of the molecule is CC.O=[N+]([O-])c1ccc(N2CCC(O)(CN3CCCC3)CC2)cn1. The van der Waals surface area contributed by atoms with Gasteiger partial charge >= 0.3 is 5.82 Å². The van der Waals surface area contributed by atoms with E-state index in [0.29, 0.717) is 0 Å². The zero-order chi connectivity index (χ0) is 17.6. The Balaban J connectivity index is 0.00000100. The van der Waals surface area contributed by atoms with Crippen molar-refractivity contribution in [2.45, 2.75) is 45.1 Å². The standard InChI is InChI=1S/C15H22N4O3.C2H6/c20-15(12-17-7-1-2-8-17)5-9-18(10-6-15)13-3-4-14(16-11-13)19(21)22;1-2/h3-4,11,20H,1-2,5-10,12H2;1-2H3. The molecule has 0 atom stereocenters. The van der Waals surface area contributed by atoms with Crippen molar-refractivity contribution in [1.82, 2.24) is 9.88 Å². The first-order chi connectivity index (χ1) is 11.6. The van der Waals surface area contributed by atoms with Crippen molar-refractivity contribution in [2.75, 3.05) is 37.6 Å². The lowest BCUT2D eigenvalue weighted by molar-refractivity contribution is -0.389. The van der Waals surface area contributed by atoms with E-state index in [1.807, 2.05) is 13.8 Å². The number of nitrogens with zero attached hydrogens (tertiary/aromatic N) is 4. The number of rotatable bonds is 4. The molecule has 3 heterocycles. The van der Waals surface area contributed by atoms with Gasteiger partial charge in [-0.2, -0.15) is 0 Å². The van der Waals surface area contributed by atoms with Gasteiger partial charge < -0.3 is 25.0 Å². The molecule has 7 heteroatoms. The van der Waals surface area contributed by atoms with Crippen molar-refractivity contribution in [3.05, 3.63) is 28.4 Å². The van der Waals surface area contributed by atoms with E-state index in [-0.39, 0.29) is 5.82 Å². The van der Waals surface area contributed by atoms with E-state index in [4.69, 9.17) is 0 Å². The van der Waals surface area contributed by atoms with Gasteiger partial charge in [0.15, 0.2) is 6.20 Å². The third kappa shape index (κ3) is 4.64. The largest absolute Gasteiger partial charge is 0.388 e. The fraction of sp³-hybridized carbons (Fsp3) is 0.706. The van der Waals surface area contributed by atoms with Gasteiger partial charge in [-0.15, -0.1) is 0 Å². The van der Waals surface area contributed by atoms with Gasteiger partial charge in [0.05, 0.1) is 11.3 Å². The quantitative estimate of drug-likeness (QED) is 0.672. The van der Waals surface area contributed by atoms with E-state index in [1.165, 1.54) is 18.9 Å². The van der Waals surface area contributed by atoms with Crippen LogP contribution in [0, 0.1) is 10.1 Å². The maximum atomic E-state index is 10.7. The highest BCUT2D eigenvalue weighted by Crippen LogP contribution is 2.28. The molecule has 0 bridgehead atoms. The first-order valence-electron chi connectivity index (χ1n) is 8.86. The van der Waals surface area contributed by atoms with Crippen LogP contribution in [0.1, 0.15) is 39.5 Å². The van der Waals surface area contributed by atoms with E-state index in [1.54, 1.807) is 12.3 Å². The maximum Gasteiger partial charge on any atom is 0.363 e. The molecule has 7 nitrogen and oxygen atoms in total. The van der Waals surface area contributed by atoms with E-state index in [0.717, 1.165) is 51.3 Å². The molecule has 2 saturated heterocycles. The van der Waals surface area contributed by atoms with Crippen molar-refractivity contribution in [1.29, 1.82) is 0 Å². The number of piperidine rings is 1. The third-order valence-electron chi connectivity index (χ3n) is 4.70. The fourth-order valence-electron chi connectivity index (χ4n) is 3.37. The molecule has 0 saturated carbocycles. The summed E-state index contributed by atoms with van der Waals surface area (Å²) < 4.78 is 0. The maximum absolute atomic E-state index is 10.7. The van der Waals surface area contributed by atoms with Gasteiger partial charge in [0.1, 0.15) is 0 Å². The van der Waals surface area contributed by atoms with Crippen molar-refractivity contribution in [2.24, 2.45) is 0 Å². The monoisotopic (exact) mass is 336 g/mol. The number of pyridine rings is 1. The molecule has 0 aliphatic carbocycles. The molecule has 2 fully saturated rings. The van der Waals surface area contributed by atoms with Crippen molar-refractivity contribution >= 4 is 11.5 Å². The third-order valence-corrected chi connectivity index (χ3v) is 4.70. The molecule has 0 unspecified atom stereocenters. The number of hydrogen-bond donors (Lipinski definition) is 1. The smallest absolute Gasteiger partial charge is 0.363 e. The average molecular weight is 336 g/mol. The Hall–Kier alpha value is -1.73. The minimum Gasteiger partial charge on any atom is -0.388 e. The van der Waals surface area contributed by atoms with Crippen LogP contribution < -0.4 is 4.90 Å². The van der Waals surface area contributed by atoms with Crippen LogP contribution in [-0.2, 0) is 0 Å². The molecule has 2 aliphatic heterocycles. The van der Waals surface area contributed by atoms with Gasteiger partial charge in [-0.05, 0) is 54.7 Å². The van der Waals surface area contributed by atoms with Crippen LogP contribution in [0.4, 0.5) is 11.5 Å². The summed E-state index contributed by atoms with van der Waals surface area (Å²) in [5, 5.41) is 21.4. The average Bonchev–Trinajstić information content (AvgIpc) is 3.10. The summed E-state index contributed by atoms with van der Waals surface area (Å²) in [6.07, 6.45) is 5.46. The molecule has 3 rings (SSSR count). The molecule has 1 aromatic heterocycles. The predicted molar refractivity (Wildman–Crippen MR) is 94.3 cm³/mol. The lowest BCUT2D eigenvalue weighted by atomic mass is 9.90. The molecule has 0 spiro atoms. The Labute approximate surface area is 143 Å². The van der Waals surface area contributed by atoms with Gasteiger partial charge in [0.2, 0.25) is 0 Å². The van der Waals surface area contributed by atoms with Crippen molar-refractivity contribution in [3.63, 3.8) is 0 Å².